The molecule has 2 aromatic rings. The van der Waals surface area contributed by atoms with Crippen molar-refractivity contribution in [3.63, 3.8) is 0 Å². The summed E-state index contributed by atoms with van der Waals surface area (Å²) < 4.78 is 10.8. The zero-order chi connectivity index (χ0) is 19.3. The molecule has 0 unspecified atom stereocenters. The van der Waals surface area contributed by atoms with Crippen LogP contribution >= 0.6 is 11.6 Å². The molecule has 0 aliphatic carbocycles. The van der Waals surface area contributed by atoms with Crippen molar-refractivity contribution >= 4 is 23.2 Å². The topological polar surface area (TPSA) is 68.9 Å². The SMILES string of the molecule is COc1ccc(NC(N)=NCC2(c3ccccc3C)CCOCC2)cc1Cl. The number of hydrogen-bond donors (Lipinski definition) is 2. The summed E-state index contributed by atoms with van der Waals surface area (Å²) in [7, 11) is 1.59. The second-order valence-electron chi connectivity index (χ2n) is 6.88. The van der Waals surface area contributed by atoms with E-state index in [0.29, 0.717) is 23.3 Å². The highest BCUT2D eigenvalue weighted by Gasteiger charge is 2.35. The normalized spacial score (nSPS) is 16.8. The Hall–Kier alpha value is -2.24. The van der Waals surface area contributed by atoms with E-state index >= 15 is 0 Å². The number of aryl methyl sites for hydroxylation is 1. The lowest BCUT2D eigenvalue weighted by Crippen LogP contribution is -2.38. The Kier molecular flexibility index (Phi) is 6.24. The van der Waals surface area contributed by atoms with Gasteiger partial charge in [0.15, 0.2) is 5.96 Å². The molecule has 1 heterocycles. The van der Waals surface area contributed by atoms with E-state index < -0.39 is 0 Å². The van der Waals surface area contributed by atoms with E-state index in [0.717, 1.165) is 31.7 Å². The number of aliphatic imine (C=N–C) groups is 1. The molecule has 0 atom stereocenters. The van der Waals surface area contributed by atoms with E-state index in [2.05, 4.69) is 41.5 Å². The molecule has 1 aliphatic rings. The molecule has 144 valence electrons. The van der Waals surface area contributed by atoms with Crippen LogP contribution in [0.2, 0.25) is 5.02 Å². The minimum atomic E-state index is -0.0482. The lowest BCUT2D eigenvalue weighted by atomic mass is 9.72. The molecule has 0 spiro atoms. The Bertz CT molecular complexity index is 817. The highest BCUT2D eigenvalue weighted by Crippen LogP contribution is 2.37. The molecule has 3 rings (SSSR count). The first-order valence-electron chi connectivity index (χ1n) is 9.08. The molecule has 0 aromatic heterocycles. The molecule has 27 heavy (non-hydrogen) atoms. The lowest BCUT2D eigenvalue weighted by molar-refractivity contribution is 0.0529. The monoisotopic (exact) mass is 387 g/mol. The van der Waals surface area contributed by atoms with Gasteiger partial charge < -0.3 is 20.5 Å². The maximum Gasteiger partial charge on any atom is 0.193 e. The van der Waals surface area contributed by atoms with E-state index in [1.165, 1.54) is 11.1 Å². The quantitative estimate of drug-likeness (QED) is 0.597. The zero-order valence-electron chi connectivity index (χ0n) is 15.8. The van der Waals surface area contributed by atoms with Gasteiger partial charge in [0.1, 0.15) is 5.75 Å². The Balaban J connectivity index is 1.78. The second-order valence-corrected chi connectivity index (χ2v) is 7.29. The highest BCUT2D eigenvalue weighted by molar-refractivity contribution is 6.32. The van der Waals surface area contributed by atoms with E-state index in [-0.39, 0.29) is 5.41 Å². The standard InChI is InChI=1S/C21H26ClN3O2/c1-15-5-3-4-6-17(15)21(9-11-27-12-10-21)14-24-20(23)25-16-7-8-19(26-2)18(22)13-16/h3-8,13H,9-12,14H2,1-2H3,(H3,23,24,25). The molecule has 6 heteroatoms. The van der Waals surface area contributed by atoms with E-state index in [9.17, 15) is 0 Å². The third kappa shape index (κ3) is 4.54. The van der Waals surface area contributed by atoms with Gasteiger partial charge in [-0.3, -0.25) is 4.99 Å². The number of guanidine groups is 1. The van der Waals surface area contributed by atoms with Crippen LogP contribution in [-0.4, -0.2) is 32.8 Å². The van der Waals surface area contributed by atoms with Crippen molar-refractivity contribution in [2.75, 3.05) is 32.2 Å². The van der Waals surface area contributed by atoms with E-state index in [1.54, 1.807) is 19.2 Å². The highest BCUT2D eigenvalue weighted by atomic mass is 35.5. The molecule has 0 amide bonds. The molecule has 1 fully saturated rings. The third-order valence-electron chi connectivity index (χ3n) is 5.14. The van der Waals surface area contributed by atoms with Crippen molar-refractivity contribution in [3.8, 4) is 5.75 Å². The van der Waals surface area contributed by atoms with Crippen molar-refractivity contribution in [2.45, 2.75) is 25.2 Å². The Morgan fingerprint density at radius 2 is 2.00 bits per heavy atom. The van der Waals surface area contributed by atoms with Crippen LogP contribution in [-0.2, 0) is 10.2 Å². The van der Waals surface area contributed by atoms with Gasteiger partial charge in [0.05, 0.1) is 18.7 Å². The first-order valence-corrected chi connectivity index (χ1v) is 9.46. The third-order valence-corrected chi connectivity index (χ3v) is 5.44. The predicted octanol–water partition coefficient (Wildman–Crippen LogP) is 4.13. The summed E-state index contributed by atoms with van der Waals surface area (Å²) >= 11 is 6.17. The molecule has 2 aromatic carbocycles. The molecular formula is C21H26ClN3O2. The summed E-state index contributed by atoms with van der Waals surface area (Å²) in [6.45, 7) is 4.25. The molecule has 1 aliphatic heterocycles. The minimum absolute atomic E-state index is 0.0482. The van der Waals surface area contributed by atoms with Gasteiger partial charge in [0, 0.05) is 24.3 Å². The van der Waals surface area contributed by atoms with Crippen LogP contribution < -0.4 is 15.8 Å². The summed E-state index contributed by atoms with van der Waals surface area (Å²) in [5.74, 6) is 0.995. The second kappa shape index (κ2) is 8.63. The Morgan fingerprint density at radius 3 is 2.67 bits per heavy atom. The van der Waals surface area contributed by atoms with Crippen LogP contribution in [0.4, 0.5) is 5.69 Å². The van der Waals surface area contributed by atoms with Crippen LogP contribution in [0, 0.1) is 6.92 Å². The number of anilines is 1. The van der Waals surface area contributed by atoms with Crippen molar-refractivity contribution in [1.29, 1.82) is 0 Å². The first kappa shape index (κ1) is 19.5. The summed E-state index contributed by atoms with van der Waals surface area (Å²) in [5, 5.41) is 3.64. The Morgan fingerprint density at radius 1 is 1.26 bits per heavy atom. The average molecular weight is 388 g/mol. The Labute approximate surface area is 165 Å². The van der Waals surface area contributed by atoms with E-state index in [1.807, 2.05) is 6.07 Å². The van der Waals surface area contributed by atoms with E-state index in [4.69, 9.17) is 26.8 Å². The van der Waals surface area contributed by atoms with Crippen LogP contribution in [0.5, 0.6) is 5.75 Å². The number of hydrogen-bond acceptors (Lipinski definition) is 3. The van der Waals surface area contributed by atoms with Crippen molar-refractivity contribution in [1.82, 2.24) is 0 Å². The fourth-order valence-electron chi connectivity index (χ4n) is 3.61. The number of nitrogens with zero attached hydrogens (tertiary/aromatic N) is 1. The van der Waals surface area contributed by atoms with Gasteiger partial charge in [-0.05, 0) is 49.1 Å². The number of methoxy groups -OCH3 is 1. The maximum atomic E-state index is 6.17. The maximum absolute atomic E-state index is 6.17. The lowest BCUT2D eigenvalue weighted by Gasteiger charge is -2.37. The van der Waals surface area contributed by atoms with Crippen LogP contribution in [0.25, 0.3) is 0 Å². The first-order chi connectivity index (χ1) is 13.0. The molecule has 3 N–H and O–H groups in total. The summed E-state index contributed by atoms with van der Waals surface area (Å²) in [4.78, 5) is 4.66. The molecule has 1 saturated heterocycles. The summed E-state index contributed by atoms with van der Waals surface area (Å²) in [5.41, 5.74) is 9.49. The summed E-state index contributed by atoms with van der Waals surface area (Å²) in [6.07, 6.45) is 1.87. The predicted molar refractivity (Wildman–Crippen MR) is 111 cm³/mol. The van der Waals surface area contributed by atoms with Crippen molar-refractivity contribution in [3.05, 3.63) is 58.6 Å². The number of ether oxygens (including phenoxy) is 2. The number of nitrogens with two attached hydrogens (primary N) is 1. The molecular weight excluding hydrogens is 362 g/mol. The molecule has 0 saturated carbocycles. The van der Waals surface area contributed by atoms with Gasteiger partial charge in [0.25, 0.3) is 0 Å². The van der Waals surface area contributed by atoms with Gasteiger partial charge >= 0.3 is 0 Å². The fraction of sp³-hybridized carbons (Fsp3) is 0.381. The molecule has 5 nitrogen and oxygen atoms in total. The van der Waals surface area contributed by atoms with Crippen LogP contribution in [0.15, 0.2) is 47.5 Å². The average Bonchev–Trinajstić information content (AvgIpc) is 2.68. The van der Waals surface area contributed by atoms with Crippen LogP contribution in [0.1, 0.15) is 24.0 Å². The van der Waals surface area contributed by atoms with Crippen LogP contribution in [0.3, 0.4) is 0 Å². The molecule has 0 radical (unpaired) electrons. The van der Waals surface area contributed by atoms with Gasteiger partial charge in [-0.15, -0.1) is 0 Å². The number of halogens is 1. The van der Waals surface area contributed by atoms with Gasteiger partial charge in [0.2, 0.25) is 0 Å². The molecule has 0 bridgehead atoms. The van der Waals surface area contributed by atoms with Crippen molar-refractivity contribution < 1.29 is 9.47 Å². The van der Waals surface area contributed by atoms with Gasteiger partial charge in [-0.2, -0.15) is 0 Å². The fourth-order valence-corrected chi connectivity index (χ4v) is 3.87. The van der Waals surface area contributed by atoms with Crippen molar-refractivity contribution in [2.24, 2.45) is 10.7 Å². The summed E-state index contributed by atoms with van der Waals surface area (Å²) in [6, 6.07) is 13.9. The minimum Gasteiger partial charge on any atom is -0.495 e. The number of benzene rings is 2. The van der Waals surface area contributed by atoms with Gasteiger partial charge in [-0.25, -0.2) is 0 Å². The number of rotatable bonds is 5. The zero-order valence-corrected chi connectivity index (χ0v) is 16.6. The number of nitrogens with one attached hydrogen (secondary N) is 1. The van der Waals surface area contributed by atoms with Gasteiger partial charge in [-0.1, -0.05) is 35.9 Å². The smallest absolute Gasteiger partial charge is 0.193 e. The largest absolute Gasteiger partial charge is 0.495 e.